The molecule has 2 atom stereocenters. The average molecular weight is 139 g/mol. The highest BCUT2D eigenvalue weighted by Crippen LogP contribution is 2.34. The van der Waals surface area contributed by atoms with E-state index in [1.165, 1.54) is 38.6 Å². The van der Waals surface area contributed by atoms with Crippen molar-refractivity contribution in [3.05, 3.63) is 0 Å². The Morgan fingerprint density at radius 1 is 1.10 bits per heavy atom. The van der Waals surface area contributed by atoms with Gasteiger partial charge in [0, 0.05) is 12.6 Å². The molecule has 0 amide bonds. The van der Waals surface area contributed by atoms with Crippen LogP contribution in [0.15, 0.2) is 0 Å². The smallest absolute Gasteiger partial charge is 0.0133 e. The molecule has 0 bridgehead atoms. The lowest BCUT2D eigenvalue weighted by Gasteiger charge is -2.45. The molecule has 1 heterocycles. The minimum atomic E-state index is 0.975. The molecule has 0 N–H and O–H groups in total. The Morgan fingerprint density at radius 3 is 2.70 bits per heavy atom. The van der Waals surface area contributed by atoms with Crippen LogP contribution in [0.2, 0.25) is 0 Å². The van der Waals surface area contributed by atoms with Gasteiger partial charge in [0.25, 0.3) is 0 Å². The highest BCUT2D eigenvalue weighted by atomic mass is 15.2. The molecule has 1 aliphatic heterocycles. The molecule has 0 aromatic rings. The van der Waals surface area contributed by atoms with Crippen LogP contribution < -0.4 is 0 Å². The van der Waals surface area contributed by atoms with Crippen LogP contribution >= 0.6 is 0 Å². The molecule has 58 valence electrons. The van der Waals surface area contributed by atoms with Crippen molar-refractivity contribution in [3.63, 3.8) is 0 Å². The third-order valence-electron chi connectivity index (χ3n) is 3.21. The first-order valence-electron chi connectivity index (χ1n) is 4.58. The molecule has 2 rings (SSSR count). The molecule has 0 radical (unpaired) electrons. The zero-order chi connectivity index (χ0) is 6.97. The van der Waals surface area contributed by atoms with E-state index in [1.807, 2.05) is 0 Å². The average Bonchev–Trinajstić information content (AvgIpc) is 2.09. The molecule has 1 nitrogen and oxygen atoms in total. The van der Waals surface area contributed by atoms with Crippen molar-refractivity contribution >= 4 is 0 Å². The van der Waals surface area contributed by atoms with E-state index in [1.54, 1.807) is 0 Å². The number of likely N-dealkylation sites (tertiary alicyclic amines) is 1. The molecule has 1 saturated heterocycles. The Balaban J connectivity index is 1.93. The molecule has 0 aromatic carbocycles. The van der Waals surface area contributed by atoms with Crippen molar-refractivity contribution in [1.82, 2.24) is 4.90 Å². The van der Waals surface area contributed by atoms with E-state index in [4.69, 9.17) is 0 Å². The summed E-state index contributed by atoms with van der Waals surface area (Å²) in [7, 11) is 2.27. The van der Waals surface area contributed by atoms with Crippen molar-refractivity contribution in [1.29, 1.82) is 0 Å². The quantitative estimate of drug-likeness (QED) is 0.495. The summed E-state index contributed by atoms with van der Waals surface area (Å²) < 4.78 is 0. The lowest BCUT2D eigenvalue weighted by molar-refractivity contribution is 0.0365. The predicted molar refractivity (Wildman–Crippen MR) is 43.0 cm³/mol. The van der Waals surface area contributed by atoms with Crippen molar-refractivity contribution < 1.29 is 0 Å². The molecule has 10 heavy (non-hydrogen) atoms. The summed E-state index contributed by atoms with van der Waals surface area (Å²) in [6, 6.07) is 0.975. The number of hydrogen-bond donors (Lipinski definition) is 0. The largest absolute Gasteiger partial charge is 0.303 e. The third-order valence-corrected chi connectivity index (χ3v) is 3.21. The lowest BCUT2D eigenvalue weighted by Crippen LogP contribution is -2.53. The van der Waals surface area contributed by atoms with Gasteiger partial charge in [0.2, 0.25) is 0 Å². The van der Waals surface area contributed by atoms with Crippen molar-refractivity contribution in [2.75, 3.05) is 13.6 Å². The maximum absolute atomic E-state index is 2.52. The molecule has 0 spiro atoms. The van der Waals surface area contributed by atoms with Gasteiger partial charge in [-0.25, -0.2) is 0 Å². The molecule has 1 heteroatoms. The highest BCUT2D eigenvalue weighted by Gasteiger charge is 2.35. The summed E-state index contributed by atoms with van der Waals surface area (Å²) in [6.45, 7) is 1.38. The van der Waals surface area contributed by atoms with Gasteiger partial charge in [-0.05, 0) is 25.8 Å². The van der Waals surface area contributed by atoms with Gasteiger partial charge in [-0.3, -0.25) is 0 Å². The van der Waals surface area contributed by atoms with Gasteiger partial charge in [0.15, 0.2) is 0 Å². The van der Waals surface area contributed by atoms with Gasteiger partial charge in [0.1, 0.15) is 0 Å². The first kappa shape index (κ1) is 6.66. The molecular weight excluding hydrogens is 122 g/mol. The predicted octanol–water partition coefficient (Wildman–Crippen LogP) is 1.88. The Kier molecular flexibility index (Phi) is 1.69. The van der Waals surface area contributed by atoms with Gasteiger partial charge in [-0.1, -0.05) is 19.3 Å². The molecular formula is C9H17N. The van der Waals surface area contributed by atoms with Crippen LogP contribution in [0.4, 0.5) is 0 Å². The van der Waals surface area contributed by atoms with E-state index in [2.05, 4.69) is 11.9 Å². The standard InChI is InChI=1S/C9H17N/c1-10-7-8-5-3-2-4-6-9(8)10/h8-9H,2-7H2,1H3. The molecule has 2 aliphatic rings. The third kappa shape index (κ3) is 0.968. The van der Waals surface area contributed by atoms with E-state index in [9.17, 15) is 0 Å². The van der Waals surface area contributed by atoms with Gasteiger partial charge >= 0.3 is 0 Å². The van der Waals surface area contributed by atoms with E-state index < -0.39 is 0 Å². The zero-order valence-corrected chi connectivity index (χ0v) is 6.84. The summed E-state index contributed by atoms with van der Waals surface area (Å²) in [5, 5.41) is 0. The van der Waals surface area contributed by atoms with Crippen LogP contribution in [0.5, 0.6) is 0 Å². The SMILES string of the molecule is CN1CC2CCCCCC21. The highest BCUT2D eigenvalue weighted by molar-refractivity contribution is 4.90. The van der Waals surface area contributed by atoms with Crippen LogP contribution in [-0.2, 0) is 0 Å². The van der Waals surface area contributed by atoms with E-state index >= 15 is 0 Å². The molecule has 2 unspecified atom stereocenters. The van der Waals surface area contributed by atoms with Crippen LogP contribution in [0, 0.1) is 5.92 Å². The van der Waals surface area contributed by atoms with Crippen molar-refractivity contribution in [2.24, 2.45) is 5.92 Å². The monoisotopic (exact) mass is 139 g/mol. The Hall–Kier alpha value is -0.0400. The van der Waals surface area contributed by atoms with Crippen molar-refractivity contribution in [2.45, 2.75) is 38.1 Å². The van der Waals surface area contributed by atoms with Gasteiger partial charge in [-0.2, -0.15) is 0 Å². The maximum Gasteiger partial charge on any atom is 0.0133 e. The molecule has 1 aliphatic carbocycles. The summed E-state index contributed by atoms with van der Waals surface area (Å²) in [5.41, 5.74) is 0. The summed E-state index contributed by atoms with van der Waals surface area (Å²) >= 11 is 0. The van der Waals surface area contributed by atoms with E-state index in [-0.39, 0.29) is 0 Å². The van der Waals surface area contributed by atoms with Crippen molar-refractivity contribution in [3.8, 4) is 0 Å². The van der Waals surface area contributed by atoms with Crippen LogP contribution in [0.3, 0.4) is 0 Å². The molecule has 2 fully saturated rings. The number of rotatable bonds is 0. The second kappa shape index (κ2) is 2.54. The van der Waals surface area contributed by atoms with Crippen LogP contribution in [-0.4, -0.2) is 24.5 Å². The number of hydrogen-bond acceptors (Lipinski definition) is 1. The molecule has 0 aromatic heterocycles. The van der Waals surface area contributed by atoms with Gasteiger partial charge in [-0.15, -0.1) is 0 Å². The first-order valence-corrected chi connectivity index (χ1v) is 4.58. The Bertz CT molecular complexity index is 122. The molecule has 1 saturated carbocycles. The lowest BCUT2D eigenvalue weighted by atomic mass is 9.85. The Labute approximate surface area is 63.4 Å². The van der Waals surface area contributed by atoms with Crippen LogP contribution in [0.1, 0.15) is 32.1 Å². The van der Waals surface area contributed by atoms with Gasteiger partial charge < -0.3 is 4.90 Å². The minimum Gasteiger partial charge on any atom is -0.303 e. The topological polar surface area (TPSA) is 3.24 Å². The normalized spacial score (nSPS) is 41.7. The van der Waals surface area contributed by atoms with Gasteiger partial charge in [0.05, 0.1) is 0 Å². The zero-order valence-electron chi connectivity index (χ0n) is 6.84. The second-order valence-corrected chi connectivity index (χ2v) is 3.91. The summed E-state index contributed by atoms with van der Waals surface area (Å²) in [6.07, 6.45) is 7.44. The fraction of sp³-hybridized carbons (Fsp3) is 1.00. The fourth-order valence-corrected chi connectivity index (χ4v) is 2.53. The minimum absolute atomic E-state index is 0.975. The second-order valence-electron chi connectivity index (χ2n) is 3.91. The van der Waals surface area contributed by atoms with E-state index in [0.29, 0.717) is 0 Å². The summed E-state index contributed by atoms with van der Waals surface area (Å²) in [5.74, 6) is 1.08. The number of nitrogens with zero attached hydrogens (tertiary/aromatic N) is 1. The van der Waals surface area contributed by atoms with Crippen LogP contribution in [0.25, 0.3) is 0 Å². The number of fused-ring (bicyclic) bond motifs is 1. The van der Waals surface area contributed by atoms with E-state index in [0.717, 1.165) is 12.0 Å². The maximum atomic E-state index is 2.52. The fourth-order valence-electron chi connectivity index (χ4n) is 2.53. The summed E-state index contributed by atoms with van der Waals surface area (Å²) in [4.78, 5) is 2.52. The Morgan fingerprint density at radius 2 is 1.90 bits per heavy atom. The first-order chi connectivity index (χ1) is 4.88.